The summed E-state index contributed by atoms with van der Waals surface area (Å²) in [7, 11) is 0. The summed E-state index contributed by atoms with van der Waals surface area (Å²) in [4.78, 5) is 0. The van der Waals surface area contributed by atoms with Crippen molar-refractivity contribution in [3.63, 3.8) is 0 Å². The van der Waals surface area contributed by atoms with Gasteiger partial charge in [0.05, 0.1) is 0 Å². The Balaban J connectivity index is 0. The Morgan fingerprint density at radius 1 is 1.00 bits per heavy atom. The summed E-state index contributed by atoms with van der Waals surface area (Å²) in [6.07, 6.45) is 0. The zero-order valence-corrected chi connectivity index (χ0v) is 1.72. The molecule has 0 rings (SSSR count). The number of hydrogen-bond acceptors (Lipinski definition) is 0. The van der Waals surface area contributed by atoms with E-state index in [2.05, 4.69) is 0 Å². The van der Waals surface area contributed by atoms with Crippen molar-refractivity contribution in [3.05, 3.63) is 0 Å². The van der Waals surface area contributed by atoms with Gasteiger partial charge in [0.25, 0.3) is 0 Å². The third-order valence-corrected chi connectivity index (χ3v) is 0. The quantitative estimate of drug-likeness (QED) is 0.327. The predicted molar refractivity (Wildman–Crippen MR) is 36.5 cm³/mol. The molecule has 0 bridgehead atoms. The number of rotatable bonds is 0. The molecule has 1 nitrogen and oxygen atoms in total. The Hall–Kier alpha value is 3.04. The zero-order chi connectivity index (χ0) is 0. The molecule has 0 radical (unpaired) electrons. The molecule has 0 aliphatic heterocycles. The summed E-state index contributed by atoms with van der Waals surface area (Å²) in [5.74, 6) is 0. The molecule has 28 valence electrons. The van der Waals surface area contributed by atoms with Gasteiger partial charge in [0, 0.05) is 0 Å². The van der Waals surface area contributed by atoms with Crippen LogP contribution in [0.5, 0.6) is 0 Å². The number of halogens is 1. The van der Waals surface area contributed by atoms with Gasteiger partial charge < -0.3 is 5.48 Å². The molecule has 5 heavy (non-hydrogen) atoms. The second-order valence-corrected chi connectivity index (χ2v) is 0. The summed E-state index contributed by atoms with van der Waals surface area (Å²) in [6, 6.07) is 0. The summed E-state index contributed by atoms with van der Waals surface area (Å²) >= 11 is 0. The molecule has 0 aromatic rings. The monoisotopic (exact) mass is 150 g/mol. The zero-order valence-electron chi connectivity index (χ0n) is 0.908. The second kappa shape index (κ2) is 27.8. The van der Waals surface area contributed by atoms with Crippen LogP contribution in [-0.2, 0) is 0 Å². The van der Waals surface area contributed by atoms with Crippen LogP contribution in [0.25, 0.3) is 0 Å². The molecule has 0 aliphatic rings. The molecule has 0 saturated carbocycles. The summed E-state index contributed by atoms with van der Waals surface area (Å²) in [6.45, 7) is 0. The molecule has 2 N–H and O–H groups in total. The fourth-order valence-electron chi connectivity index (χ4n) is 0. The third kappa shape index (κ3) is 19.3. The molecule has 0 amide bonds. The van der Waals surface area contributed by atoms with Gasteiger partial charge in [0.1, 0.15) is 0 Å². The molecule has 0 heterocycles. The fourth-order valence-corrected chi connectivity index (χ4v) is 0. The van der Waals surface area contributed by atoms with Crippen LogP contribution in [0.2, 0.25) is 0 Å². The standard InChI is InChI=1S/Al.Ca.ClH.Na.H2O.6H/h;;1H;;1H2;;;;;;. The minimum absolute atomic E-state index is 0. The predicted octanol–water partition coefficient (Wildman–Crippen LogP) is -3.15. The van der Waals surface area contributed by atoms with E-state index in [1.165, 1.54) is 0 Å². The molecule has 0 fully saturated rings. The van der Waals surface area contributed by atoms with Gasteiger partial charge in [-0.25, -0.2) is 0 Å². The average molecular weight is 151 g/mol. The van der Waals surface area contributed by atoms with Crippen molar-refractivity contribution in [1.29, 1.82) is 0 Å². The Bertz CT molecular complexity index is 11.6. The van der Waals surface area contributed by atoms with Gasteiger partial charge in [-0.15, -0.1) is 12.4 Å². The first-order chi connectivity index (χ1) is 0. The van der Waals surface area contributed by atoms with Gasteiger partial charge in [-0.3, -0.25) is 0 Å². The van der Waals surface area contributed by atoms with Crippen LogP contribution in [0.1, 0.15) is 0 Å². The maximum atomic E-state index is 0. The molecule has 0 spiro atoms. The van der Waals surface area contributed by atoms with Crippen LogP contribution in [0.4, 0.5) is 0 Å². The molecule has 0 atom stereocenters. The summed E-state index contributed by atoms with van der Waals surface area (Å²) in [5.41, 5.74) is 0. The van der Waals surface area contributed by atoms with Crippen molar-refractivity contribution in [2.45, 2.75) is 0 Å². The summed E-state index contributed by atoms with van der Waals surface area (Å²) in [5, 5.41) is 0. The normalized spacial score (nSPS) is 0. The Morgan fingerprint density at radius 2 is 1.00 bits per heavy atom. The van der Waals surface area contributed by atoms with Crippen molar-refractivity contribution >= 4 is 97.1 Å². The molecule has 0 aromatic heterocycles. The molecule has 0 saturated heterocycles. The van der Waals surface area contributed by atoms with E-state index in [0.29, 0.717) is 0 Å². The molecule has 0 unspecified atom stereocenters. The topological polar surface area (TPSA) is 31.5 Å². The van der Waals surface area contributed by atoms with Crippen LogP contribution >= 0.6 is 12.4 Å². The Morgan fingerprint density at radius 3 is 1.00 bits per heavy atom. The fraction of sp³-hybridized carbons (Fsp3) is 0. The van der Waals surface area contributed by atoms with Gasteiger partial charge in [0.15, 0.2) is 17.4 Å². The SMILES string of the molecule is Cl.O.[AlH3].[CaH2].[NaH]. The van der Waals surface area contributed by atoms with E-state index in [1.54, 1.807) is 0 Å². The second-order valence-electron chi connectivity index (χ2n) is 0. The van der Waals surface area contributed by atoms with Crippen molar-refractivity contribution in [2.75, 3.05) is 0 Å². The van der Waals surface area contributed by atoms with Crippen molar-refractivity contribution in [1.82, 2.24) is 0 Å². The maximum absolute atomic E-state index is 0. The molecule has 0 aromatic carbocycles. The molecule has 0 aliphatic carbocycles. The van der Waals surface area contributed by atoms with E-state index in [4.69, 9.17) is 0 Å². The van der Waals surface area contributed by atoms with E-state index in [1.807, 2.05) is 0 Å². The van der Waals surface area contributed by atoms with E-state index in [0.717, 1.165) is 0 Å². The van der Waals surface area contributed by atoms with Gasteiger partial charge in [-0.05, 0) is 0 Å². The Kier molecular flexibility index (Phi) is 239. The van der Waals surface area contributed by atoms with Crippen molar-refractivity contribution in [3.8, 4) is 0 Å². The molecular weight excluding hydrogens is 142 g/mol. The summed E-state index contributed by atoms with van der Waals surface area (Å²) < 4.78 is 0. The van der Waals surface area contributed by atoms with Crippen LogP contribution in [0, 0.1) is 0 Å². The van der Waals surface area contributed by atoms with Crippen molar-refractivity contribution < 1.29 is 5.48 Å². The van der Waals surface area contributed by atoms with Crippen LogP contribution in [0.15, 0.2) is 0 Å². The number of hydrogen-bond donors (Lipinski definition) is 0. The molecule has 5 heteroatoms. The van der Waals surface area contributed by atoms with E-state index < -0.39 is 0 Å². The first-order valence-electron chi connectivity index (χ1n) is 0. The van der Waals surface area contributed by atoms with Crippen LogP contribution < -0.4 is 0 Å². The van der Waals surface area contributed by atoms with Gasteiger partial charge in [0.2, 0.25) is 0 Å². The van der Waals surface area contributed by atoms with Crippen LogP contribution in [-0.4, -0.2) is 90.1 Å². The first kappa shape index (κ1) is 43.1. The average Bonchev–Trinajstić information content (AvgIpc) is 0. The van der Waals surface area contributed by atoms with Gasteiger partial charge in [-0.1, -0.05) is 0 Å². The van der Waals surface area contributed by atoms with Gasteiger partial charge in [-0.2, -0.15) is 0 Å². The van der Waals surface area contributed by atoms with E-state index in [-0.39, 0.29) is 103 Å². The minimum atomic E-state index is 0. The van der Waals surface area contributed by atoms with Crippen molar-refractivity contribution in [2.24, 2.45) is 0 Å². The van der Waals surface area contributed by atoms with E-state index >= 15 is 0 Å². The third-order valence-electron chi connectivity index (χ3n) is 0. The van der Waals surface area contributed by atoms with Crippen LogP contribution in [0.3, 0.4) is 0 Å². The van der Waals surface area contributed by atoms with E-state index in [9.17, 15) is 0 Å². The molecular formula is H9AlCaClNaO. The first-order valence-corrected chi connectivity index (χ1v) is 0. The Labute approximate surface area is 100 Å². The van der Waals surface area contributed by atoms with Gasteiger partial charge >= 0.3 is 67.3 Å².